The molecule has 0 bridgehead atoms. The molecule has 168 valence electrons. The predicted octanol–water partition coefficient (Wildman–Crippen LogP) is 3.07. The molecule has 0 aliphatic heterocycles. The summed E-state index contributed by atoms with van der Waals surface area (Å²) in [6, 6.07) is 19.4. The van der Waals surface area contributed by atoms with E-state index in [9.17, 15) is 9.59 Å². The van der Waals surface area contributed by atoms with Crippen LogP contribution < -0.4 is 15.0 Å². The van der Waals surface area contributed by atoms with Gasteiger partial charge in [0.25, 0.3) is 5.91 Å². The van der Waals surface area contributed by atoms with Crippen molar-refractivity contribution in [3.05, 3.63) is 72.6 Å². The van der Waals surface area contributed by atoms with Crippen molar-refractivity contribution < 1.29 is 19.1 Å². The first kappa shape index (κ1) is 22.9. The third-order valence-corrected chi connectivity index (χ3v) is 4.72. The van der Waals surface area contributed by atoms with E-state index in [1.807, 2.05) is 67.7 Å². The monoisotopic (exact) mass is 436 g/mol. The molecule has 0 saturated heterocycles. The van der Waals surface area contributed by atoms with Gasteiger partial charge in [0, 0.05) is 25.8 Å². The molecule has 1 aromatic heterocycles. The number of carbonyl (C=O) groups excluding carboxylic acids is 2. The number of rotatable bonds is 11. The summed E-state index contributed by atoms with van der Waals surface area (Å²) in [5.41, 5.74) is 1.93. The highest BCUT2D eigenvalue weighted by molar-refractivity contribution is 5.90. The van der Waals surface area contributed by atoms with E-state index in [4.69, 9.17) is 9.47 Å². The lowest BCUT2D eigenvalue weighted by Gasteiger charge is -2.19. The number of para-hydroxylation sites is 2. The van der Waals surface area contributed by atoms with Crippen molar-refractivity contribution in [3.8, 4) is 11.4 Å². The van der Waals surface area contributed by atoms with Crippen molar-refractivity contribution >= 4 is 17.6 Å². The summed E-state index contributed by atoms with van der Waals surface area (Å²) >= 11 is 0. The lowest BCUT2D eigenvalue weighted by Crippen LogP contribution is -2.31. The fourth-order valence-corrected chi connectivity index (χ4v) is 3.07. The molecular formula is C24H28N4O4. The van der Waals surface area contributed by atoms with Gasteiger partial charge in [-0.25, -0.2) is 9.48 Å². The molecule has 0 aliphatic carbocycles. The Morgan fingerprint density at radius 3 is 2.44 bits per heavy atom. The Morgan fingerprint density at radius 1 is 1.06 bits per heavy atom. The summed E-state index contributed by atoms with van der Waals surface area (Å²) < 4.78 is 12.2. The summed E-state index contributed by atoms with van der Waals surface area (Å²) in [5, 5.41) is 7.12. The maximum atomic E-state index is 12.3. The van der Waals surface area contributed by atoms with Gasteiger partial charge in [0.15, 0.2) is 12.4 Å². The normalized spacial score (nSPS) is 10.4. The number of esters is 1. The maximum Gasteiger partial charge on any atom is 0.362 e. The Morgan fingerprint density at radius 2 is 1.75 bits per heavy atom. The standard InChI is InChI=1S/C24H28N4O4/c1-3-31-24(30)23-21(17-28(26-23)20-13-8-5-9-14-20)32-18-22(29)25-15-10-16-27(2)19-11-6-4-7-12-19/h4-9,11-14,17H,3,10,15-16,18H2,1-2H3,(H,25,29). The molecule has 3 aromatic rings. The summed E-state index contributed by atoms with van der Waals surface area (Å²) in [4.78, 5) is 26.6. The Kier molecular flexibility index (Phi) is 8.25. The van der Waals surface area contributed by atoms with Crippen molar-refractivity contribution in [1.82, 2.24) is 15.1 Å². The molecule has 1 amide bonds. The summed E-state index contributed by atoms with van der Waals surface area (Å²) in [6.45, 7) is 3.04. The van der Waals surface area contributed by atoms with Crippen LogP contribution >= 0.6 is 0 Å². The Balaban J connectivity index is 1.52. The lowest BCUT2D eigenvalue weighted by atomic mass is 10.3. The van der Waals surface area contributed by atoms with Crippen molar-refractivity contribution in [3.63, 3.8) is 0 Å². The van der Waals surface area contributed by atoms with E-state index in [2.05, 4.69) is 15.3 Å². The molecule has 2 aromatic carbocycles. The van der Waals surface area contributed by atoms with E-state index in [1.165, 1.54) is 4.68 Å². The number of hydrogen-bond donors (Lipinski definition) is 1. The molecule has 0 saturated carbocycles. The summed E-state index contributed by atoms with van der Waals surface area (Å²) in [6.07, 6.45) is 2.36. The van der Waals surface area contributed by atoms with Crippen LogP contribution in [0.5, 0.6) is 5.75 Å². The molecule has 0 atom stereocenters. The second kappa shape index (κ2) is 11.5. The van der Waals surface area contributed by atoms with Crippen molar-refractivity contribution in [2.24, 2.45) is 0 Å². The number of amides is 1. The van der Waals surface area contributed by atoms with E-state index in [1.54, 1.807) is 13.1 Å². The SMILES string of the molecule is CCOC(=O)c1nn(-c2ccccc2)cc1OCC(=O)NCCCN(C)c1ccccc1. The van der Waals surface area contributed by atoms with Crippen LogP contribution in [0, 0.1) is 0 Å². The first-order chi connectivity index (χ1) is 15.6. The van der Waals surface area contributed by atoms with Gasteiger partial charge in [-0.05, 0) is 37.6 Å². The van der Waals surface area contributed by atoms with Crippen LogP contribution in [0.4, 0.5) is 5.69 Å². The van der Waals surface area contributed by atoms with Gasteiger partial charge < -0.3 is 19.7 Å². The van der Waals surface area contributed by atoms with Crippen molar-refractivity contribution in [2.75, 3.05) is 38.3 Å². The average Bonchev–Trinajstić information content (AvgIpc) is 3.26. The average molecular weight is 437 g/mol. The molecule has 8 nitrogen and oxygen atoms in total. The van der Waals surface area contributed by atoms with Gasteiger partial charge in [-0.1, -0.05) is 36.4 Å². The molecule has 0 aliphatic rings. The van der Waals surface area contributed by atoms with Gasteiger partial charge in [-0.3, -0.25) is 4.79 Å². The summed E-state index contributed by atoms with van der Waals surface area (Å²) in [5.74, 6) is -0.664. The molecule has 0 spiro atoms. The van der Waals surface area contributed by atoms with Crippen LogP contribution in [0.3, 0.4) is 0 Å². The molecule has 32 heavy (non-hydrogen) atoms. The molecule has 0 radical (unpaired) electrons. The minimum atomic E-state index is -0.596. The van der Waals surface area contributed by atoms with Gasteiger partial charge in [-0.2, -0.15) is 5.10 Å². The van der Waals surface area contributed by atoms with E-state index >= 15 is 0 Å². The number of nitrogens with one attached hydrogen (secondary N) is 1. The molecule has 8 heteroatoms. The number of anilines is 1. The Hall–Kier alpha value is -3.81. The van der Waals surface area contributed by atoms with Crippen LogP contribution in [-0.4, -0.2) is 55.0 Å². The van der Waals surface area contributed by atoms with E-state index in [-0.39, 0.29) is 30.6 Å². The maximum absolute atomic E-state index is 12.3. The van der Waals surface area contributed by atoms with E-state index < -0.39 is 5.97 Å². The number of aromatic nitrogens is 2. The Labute approximate surface area is 187 Å². The van der Waals surface area contributed by atoms with Gasteiger partial charge in [-0.15, -0.1) is 0 Å². The zero-order valence-corrected chi connectivity index (χ0v) is 18.4. The van der Waals surface area contributed by atoms with E-state index in [0.717, 1.165) is 24.3 Å². The fraction of sp³-hybridized carbons (Fsp3) is 0.292. The van der Waals surface area contributed by atoms with Crippen LogP contribution in [0.25, 0.3) is 5.69 Å². The largest absolute Gasteiger partial charge is 0.480 e. The zero-order valence-electron chi connectivity index (χ0n) is 18.4. The lowest BCUT2D eigenvalue weighted by molar-refractivity contribution is -0.123. The van der Waals surface area contributed by atoms with Gasteiger partial charge >= 0.3 is 5.97 Å². The van der Waals surface area contributed by atoms with Crippen LogP contribution in [0.1, 0.15) is 23.8 Å². The molecule has 0 unspecified atom stereocenters. The highest BCUT2D eigenvalue weighted by atomic mass is 16.5. The molecule has 0 fully saturated rings. The zero-order chi connectivity index (χ0) is 22.8. The first-order valence-electron chi connectivity index (χ1n) is 10.6. The van der Waals surface area contributed by atoms with Crippen LogP contribution in [0.15, 0.2) is 66.9 Å². The second-order valence-corrected chi connectivity index (χ2v) is 7.09. The predicted molar refractivity (Wildman–Crippen MR) is 122 cm³/mol. The number of carbonyl (C=O) groups is 2. The fourth-order valence-electron chi connectivity index (χ4n) is 3.07. The highest BCUT2D eigenvalue weighted by Crippen LogP contribution is 2.21. The van der Waals surface area contributed by atoms with Crippen molar-refractivity contribution in [2.45, 2.75) is 13.3 Å². The number of hydrogen-bond acceptors (Lipinski definition) is 6. The first-order valence-corrected chi connectivity index (χ1v) is 10.6. The third kappa shape index (κ3) is 6.34. The van der Waals surface area contributed by atoms with Crippen LogP contribution in [-0.2, 0) is 9.53 Å². The van der Waals surface area contributed by atoms with Gasteiger partial charge in [0.2, 0.25) is 5.69 Å². The number of benzene rings is 2. The van der Waals surface area contributed by atoms with Gasteiger partial charge in [0.05, 0.1) is 18.5 Å². The second-order valence-electron chi connectivity index (χ2n) is 7.09. The molecule has 1 heterocycles. The smallest absolute Gasteiger partial charge is 0.362 e. The summed E-state index contributed by atoms with van der Waals surface area (Å²) in [7, 11) is 2.02. The van der Waals surface area contributed by atoms with E-state index in [0.29, 0.717) is 6.54 Å². The third-order valence-electron chi connectivity index (χ3n) is 4.72. The number of ether oxygens (including phenoxy) is 2. The minimum absolute atomic E-state index is 0.0352. The molecule has 1 N–H and O–H groups in total. The molecular weight excluding hydrogens is 408 g/mol. The topological polar surface area (TPSA) is 85.7 Å². The number of nitrogens with zero attached hydrogens (tertiary/aromatic N) is 3. The Bertz CT molecular complexity index is 1010. The molecule has 3 rings (SSSR count). The van der Waals surface area contributed by atoms with Crippen LogP contribution in [0.2, 0.25) is 0 Å². The quantitative estimate of drug-likeness (QED) is 0.367. The van der Waals surface area contributed by atoms with Gasteiger partial charge in [0.1, 0.15) is 0 Å². The minimum Gasteiger partial charge on any atom is -0.480 e. The van der Waals surface area contributed by atoms with Crippen molar-refractivity contribution in [1.29, 1.82) is 0 Å². The highest BCUT2D eigenvalue weighted by Gasteiger charge is 2.21.